The summed E-state index contributed by atoms with van der Waals surface area (Å²) in [5.74, 6) is 1.18. The first-order valence-electron chi connectivity index (χ1n) is 6.82. The van der Waals surface area contributed by atoms with Crippen molar-refractivity contribution in [3.63, 3.8) is 0 Å². The molecule has 0 aliphatic rings. The Balaban J connectivity index is 2.15. The first kappa shape index (κ1) is 15.7. The fourth-order valence-electron chi connectivity index (χ4n) is 1.92. The van der Waals surface area contributed by atoms with Crippen LogP contribution in [0.4, 0.5) is 0 Å². The van der Waals surface area contributed by atoms with Crippen molar-refractivity contribution in [1.29, 1.82) is 0 Å². The molecule has 21 heavy (non-hydrogen) atoms. The lowest BCUT2D eigenvalue weighted by molar-refractivity contribution is -0.142. The van der Waals surface area contributed by atoms with Gasteiger partial charge in [-0.2, -0.15) is 0 Å². The molecule has 0 saturated carbocycles. The number of nitrogens with zero attached hydrogens (tertiary/aromatic N) is 2. The molecule has 0 spiro atoms. The smallest absolute Gasteiger partial charge is 0.319 e. The Hall–Kier alpha value is -1.66. The van der Waals surface area contributed by atoms with Gasteiger partial charge in [0.1, 0.15) is 5.76 Å². The van der Waals surface area contributed by atoms with Crippen LogP contribution in [0.3, 0.4) is 0 Å². The molecule has 0 saturated heterocycles. The maximum atomic E-state index is 11.5. The Morgan fingerprint density at radius 3 is 2.86 bits per heavy atom. The molecule has 2 aromatic rings. The van der Waals surface area contributed by atoms with Gasteiger partial charge in [-0.3, -0.25) is 9.69 Å². The molecule has 2 rings (SSSR count). The highest BCUT2D eigenvalue weighted by Crippen LogP contribution is 2.26. The molecule has 0 aromatic carbocycles. The molecular weight excluding hydrogens is 288 g/mol. The largest absolute Gasteiger partial charge is 0.468 e. The van der Waals surface area contributed by atoms with Gasteiger partial charge >= 0.3 is 5.97 Å². The second kappa shape index (κ2) is 6.87. The number of ether oxygens (including phenoxy) is 1. The Morgan fingerprint density at radius 2 is 2.29 bits per heavy atom. The van der Waals surface area contributed by atoms with Crippen LogP contribution < -0.4 is 0 Å². The number of hydrogen-bond donors (Lipinski definition) is 0. The third-order valence-corrected chi connectivity index (χ3v) is 4.13. The van der Waals surface area contributed by atoms with E-state index in [1.807, 2.05) is 43.2 Å². The lowest BCUT2D eigenvalue weighted by Crippen LogP contribution is -2.35. The van der Waals surface area contributed by atoms with Crippen molar-refractivity contribution in [2.45, 2.75) is 33.4 Å². The van der Waals surface area contributed by atoms with Gasteiger partial charge in [0.15, 0.2) is 0 Å². The lowest BCUT2D eigenvalue weighted by Gasteiger charge is -2.24. The minimum atomic E-state index is -0.247. The molecule has 0 amide bonds. The van der Waals surface area contributed by atoms with Crippen LogP contribution in [0.25, 0.3) is 10.8 Å². The van der Waals surface area contributed by atoms with E-state index in [2.05, 4.69) is 4.98 Å². The highest BCUT2D eigenvalue weighted by atomic mass is 32.1. The monoisotopic (exact) mass is 308 g/mol. The van der Waals surface area contributed by atoms with E-state index in [9.17, 15) is 4.79 Å². The van der Waals surface area contributed by atoms with Crippen LogP contribution in [0, 0.1) is 6.92 Å². The van der Waals surface area contributed by atoms with Crippen LogP contribution in [0.5, 0.6) is 0 Å². The third kappa shape index (κ3) is 3.92. The third-order valence-electron chi connectivity index (χ3n) is 3.27. The Morgan fingerprint density at radius 1 is 1.52 bits per heavy atom. The number of oxazole rings is 1. The van der Waals surface area contributed by atoms with Gasteiger partial charge in [-0.25, -0.2) is 4.98 Å². The fourth-order valence-corrected chi connectivity index (χ4v) is 2.57. The number of methoxy groups -OCH3 is 1. The zero-order valence-electron chi connectivity index (χ0n) is 12.8. The Labute approximate surface area is 128 Å². The predicted molar refractivity (Wildman–Crippen MR) is 82.1 cm³/mol. The fraction of sp³-hybridized carbons (Fsp3) is 0.467. The van der Waals surface area contributed by atoms with E-state index < -0.39 is 0 Å². The van der Waals surface area contributed by atoms with Crippen molar-refractivity contribution in [2.24, 2.45) is 0 Å². The minimum Gasteiger partial charge on any atom is -0.468 e. The highest BCUT2D eigenvalue weighted by Gasteiger charge is 2.19. The number of carbonyl (C=O) groups is 1. The van der Waals surface area contributed by atoms with E-state index >= 15 is 0 Å². The van der Waals surface area contributed by atoms with Crippen molar-refractivity contribution in [2.75, 3.05) is 13.7 Å². The maximum Gasteiger partial charge on any atom is 0.319 e. The molecule has 0 unspecified atom stereocenters. The summed E-state index contributed by atoms with van der Waals surface area (Å²) in [6, 6.07) is 4.16. The quantitative estimate of drug-likeness (QED) is 0.768. The van der Waals surface area contributed by atoms with Gasteiger partial charge in [-0.05, 0) is 32.2 Å². The van der Waals surface area contributed by atoms with Crippen molar-refractivity contribution >= 4 is 17.3 Å². The number of aromatic nitrogens is 1. The van der Waals surface area contributed by atoms with Crippen molar-refractivity contribution in [3.8, 4) is 10.8 Å². The van der Waals surface area contributed by atoms with E-state index in [0.29, 0.717) is 12.4 Å². The molecule has 0 radical (unpaired) electrons. The average Bonchev–Trinajstić information content (AvgIpc) is 3.07. The number of esters is 1. The normalized spacial score (nSPS) is 11.3. The second-order valence-corrected chi connectivity index (χ2v) is 6.02. The molecule has 2 aromatic heterocycles. The van der Waals surface area contributed by atoms with Crippen LogP contribution in [0.1, 0.15) is 25.3 Å². The second-order valence-electron chi connectivity index (χ2n) is 5.07. The number of aryl methyl sites for hydroxylation is 1. The van der Waals surface area contributed by atoms with E-state index in [4.69, 9.17) is 9.15 Å². The molecule has 0 atom stereocenters. The summed E-state index contributed by atoms with van der Waals surface area (Å²) < 4.78 is 10.5. The van der Waals surface area contributed by atoms with Crippen molar-refractivity contribution in [3.05, 3.63) is 29.0 Å². The van der Waals surface area contributed by atoms with Gasteiger partial charge in [-0.1, -0.05) is 6.07 Å². The zero-order valence-corrected chi connectivity index (χ0v) is 13.6. The first-order chi connectivity index (χ1) is 10.0. The van der Waals surface area contributed by atoms with E-state index in [0.717, 1.165) is 16.3 Å². The van der Waals surface area contributed by atoms with Gasteiger partial charge in [0.05, 0.1) is 24.2 Å². The predicted octanol–water partition coefficient (Wildman–Crippen LogP) is 3.09. The molecule has 6 heteroatoms. The van der Waals surface area contributed by atoms with Gasteiger partial charge in [-0.15, -0.1) is 11.3 Å². The Kier molecular flexibility index (Phi) is 5.14. The van der Waals surface area contributed by atoms with Gasteiger partial charge in [0.25, 0.3) is 0 Å². The molecule has 0 aliphatic carbocycles. The van der Waals surface area contributed by atoms with Crippen LogP contribution in [0.2, 0.25) is 0 Å². The summed E-state index contributed by atoms with van der Waals surface area (Å²) in [5, 5.41) is 1.99. The van der Waals surface area contributed by atoms with E-state index in [1.54, 1.807) is 11.3 Å². The molecule has 114 valence electrons. The highest BCUT2D eigenvalue weighted by molar-refractivity contribution is 7.13. The summed E-state index contributed by atoms with van der Waals surface area (Å²) in [6.07, 6.45) is 0. The molecule has 5 nitrogen and oxygen atoms in total. The van der Waals surface area contributed by atoms with Crippen molar-refractivity contribution in [1.82, 2.24) is 9.88 Å². The molecule has 0 fully saturated rings. The summed E-state index contributed by atoms with van der Waals surface area (Å²) in [7, 11) is 1.40. The van der Waals surface area contributed by atoms with Gasteiger partial charge < -0.3 is 9.15 Å². The minimum absolute atomic E-state index is 0.213. The standard InChI is InChI=1S/C15H20N2O3S/c1-10(2)17(9-14(18)19-4)8-12-11(3)20-15(16-12)13-6-5-7-21-13/h5-7,10H,8-9H2,1-4H3. The van der Waals surface area contributed by atoms with E-state index in [1.165, 1.54) is 7.11 Å². The van der Waals surface area contributed by atoms with Crippen LogP contribution >= 0.6 is 11.3 Å². The SMILES string of the molecule is COC(=O)CN(Cc1nc(-c2cccs2)oc1C)C(C)C. The topological polar surface area (TPSA) is 55.6 Å². The summed E-state index contributed by atoms with van der Waals surface area (Å²) in [4.78, 5) is 19.1. The molecular formula is C15H20N2O3S. The summed E-state index contributed by atoms with van der Waals surface area (Å²) in [5.41, 5.74) is 0.857. The number of hydrogen-bond acceptors (Lipinski definition) is 6. The summed E-state index contributed by atoms with van der Waals surface area (Å²) >= 11 is 1.59. The maximum absolute atomic E-state index is 11.5. The molecule has 0 bridgehead atoms. The molecule has 0 aliphatic heterocycles. The van der Waals surface area contributed by atoms with Crippen molar-refractivity contribution < 1.29 is 13.9 Å². The average molecular weight is 308 g/mol. The first-order valence-corrected chi connectivity index (χ1v) is 7.70. The number of carbonyl (C=O) groups excluding carboxylic acids is 1. The number of rotatable bonds is 6. The van der Waals surface area contributed by atoms with Crippen LogP contribution in [-0.4, -0.2) is 35.5 Å². The Bertz CT molecular complexity index is 590. The van der Waals surface area contributed by atoms with E-state index in [-0.39, 0.29) is 18.6 Å². The van der Waals surface area contributed by atoms with Gasteiger partial charge in [0.2, 0.25) is 5.89 Å². The lowest BCUT2D eigenvalue weighted by atomic mass is 10.2. The van der Waals surface area contributed by atoms with Gasteiger partial charge in [0, 0.05) is 12.6 Å². The summed E-state index contributed by atoms with van der Waals surface area (Å²) in [6.45, 7) is 6.79. The zero-order chi connectivity index (χ0) is 15.4. The van der Waals surface area contributed by atoms with Crippen LogP contribution in [-0.2, 0) is 16.1 Å². The number of thiophene rings is 1. The molecule has 0 N–H and O–H groups in total. The molecule has 2 heterocycles. The van der Waals surface area contributed by atoms with Crippen LogP contribution in [0.15, 0.2) is 21.9 Å².